The van der Waals surface area contributed by atoms with Crippen molar-refractivity contribution in [3.63, 3.8) is 0 Å². The predicted molar refractivity (Wildman–Crippen MR) is 156 cm³/mol. The molecule has 0 bridgehead atoms. The molecule has 0 spiro atoms. The summed E-state index contributed by atoms with van der Waals surface area (Å²) < 4.78 is 32.4. The van der Waals surface area contributed by atoms with Crippen LogP contribution in [0.4, 0.5) is 20.3 Å². The lowest BCUT2D eigenvalue weighted by Crippen LogP contribution is -2.46. The number of aryl methyl sites for hydroxylation is 1. The van der Waals surface area contributed by atoms with Crippen LogP contribution in [0, 0.1) is 12.8 Å². The summed E-state index contributed by atoms with van der Waals surface area (Å²) >= 11 is 0. The fourth-order valence-electron chi connectivity index (χ4n) is 5.44. The molecule has 0 saturated carbocycles. The zero-order valence-corrected chi connectivity index (χ0v) is 24.0. The Hall–Kier alpha value is -4.05. The molecule has 0 atom stereocenters. The number of rotatable bonds is 9. The van der Waals surface area contributed by atoms with Gasteiger partial charge in [0.25, 0.3) is 5.91 Å². The average Bonchev–Trinajstić information content (AvgIpc) is 3.37. The Balaban J connectivity index is 1.25. The zero-order chi connectivity index (χ0) is 29.1. The van der Waals surface area contributed by atoms with Gasteiger partial charge >= 0.3 is 6.61 Å². The van der Waals surface area contributed by atoms with Crippen LogP contribution in [0.2, 0.25) is 0 Å². The second kappa shape index (κ2) is 11.8. The minimum absolute atomic E-state index is 0.0315. The maximum Gasteiger partial charge on any atom is 0.387 e. The van der Waals surface area contributed by atoms with Gasteiger partial charge in [0.05, 0.1) is 39.1 Å². The van der Waals surface area contributed by atoms with Gasteiger partial charge in [-0.15, -0.1) is 0 Å². The van der Waals surface area contributed by atoms with E-state index in [1.54, 1.807) is 30.7 Å². The summed E-state index contributed by atoms with van der Waals surface area (Å²) in [5.41, 5.74) is 4.55. The number of carbonyl (C=O) groups excluding carboxylic acids is 1. The van der Waals surface area contributed by atoms with E-state index < -0.39 is 6.61 Å². The van der Waals surface area contributed by atoms with Gasteiger partial charge in [-0.2, -0.15) is 8.78 Å². The third kappa shape index (κ3) is 6.65. The van der Waals surface area contributed by atoms with Crippen LogP contribution >= 0.6 is 0 Å². The number of hydrogen-bond donors (Lipinski definition) is 1. The number of carbonyl (C=O) groups is 1. The van der Waals surface area contributed by atoms with Gasteiger partial charge in [0.15, 0.2) is 11.5 Å². The van der Waals surface area contributed by atoms with Gasteiger partial charge < -0.3 is 19.4 Å². The lowest BCUT2D eigenvalue weighted by molar-refractivity contribution is -0.896. The van der Waals surface area contributed by atoms with E-state index in [0.717, 1.165) is 40.0 Å². The Morgan fingerprint density at radius 2 is 1.88 bits per heavy atom. The van der Waals surface area contributed by atoms with Crippen LogP contribution in [0.25, 0.3) is 16.9 Å². The SMILES string of the molecule is Cc1cc(Nc2nccn3c(-c4ccc(OC(F)F)cc4)cnc23)ccc1C(=O)N(C)CCC1CC[N+](C)(C)CC1. The Morgan fingerprint density at radius 1 is 1.15 bits per heavy atom. The van der Waals surface area contributed by atoms with Crippen molar-refractivity contribution < 1.29 is 22.8 Å². The minimum Gasteiger partial charge on any atom is -0.435 e. The van der Waals surface area contributed by atoms with Crippen LogP contribution < -0.4 is 10.1 Å². The third-order valence-electron chi connectivity index (χ3n) is 8.03. The molecule has 41 heavy (non-hydrogen) atoms. The molecular formula is C31H37F2N6O2+. The van der Waals surface area contributed by atoms with E-state index in [2.05, 4.69) is 34.1 Å². The number of piperidine rings is 1. The Morgan fingerprint density at radius 3 is 2.56 bits per heavy atom. The largest absolute Gasteiger partial charge is 0.435 e. The summed E-state index contributed by atoms with van der Waals surface area (Å²) in [6, 6.07) is 12.1. The third-order valence-corrected chi connectivity index (χ3v) is 8.03. The first-order valence-corrected chi connectivity index (χ1v) is 13.9. The number of likely N-dealkylation sites (tertiary alicyclic amines) is 1. The molecule has 3 heterocycles. The summed E-state index contributed by atoms with van der Waals surface area (Å²) in [5.74, 6) is 1.37. The number of aromatic nitrogens is 3. The normalized spacial score (nSPS) is 15.3. The molecule has 0 aliphatic carbocycles. The van der Waals surface area contributed by atoms with Crippen LogP contribution in [0.1, 0.15) is 35.2 Å². The van der Waals surface area contributed by atoms with Gasteiger partial charge in [0, 0.05) is 42.8 Å². The van der Waals surface area contributed by atoms with E-state index in [1.807, 2.05) is 41.5 Å². The van der Waals surface area contributed by atoms with Crippen LogP contribution in [0.15, 0.2) is 61.1 Å². The van der Waals surface area contributed by atoms with E-state index in [0.29, 0.717) is 22.9 Å². The maximum atomic E-state index is 13.2. The molecule has 2 aromatic carbocycles. The summed E-state index contributed by atoms with van der Waals surface area (Å²) in [7, 11) is 6.46. The van der Waals surface area contributed by atoms with Gasteiger partial charge in [0.2, 0.25) is 0 Å². The average molecular weight is 564 g/mol. The van der Waals surface area contributed by atoms with Gasteiger partial charge in [0.1, 0.15) is 5.75 Å². The molecule has 0 unspecified atom stereocenters. The van der Waals surface area contributed by atoms with Gasteiger partial charge in [-0.25, -0.2) is 9.97 Å². The quantitative estimate of drug-likeness (QED) is 0.253. The first-order chi connectivity index (χ1) is 19.6. The van der Waals surface area contributed by atoms with Crippen molar-refractivity contribution in [2.75, 3.05) is 46.1 Å². The van der Waals surface area contributed by atoms with Crippen molar-refractivity contribution in [1.82, 2.24) is 19.3 Å². The molecule has 0 radical (unpaired) electrons. The second-order valence-corrected chi connectivity index (χ2v) is 11.5. The van der Waals surface area contributed by atoms with Crippen molar-refractivity contribution in [3.05, 3.63) is 72.2 Å². The number of quaternary nitrogens is 1. The molecule has 8 nitrogen and oxygen atoms in total. The smallest absolute Gasteiger partial charge is 0.387 e. The van der Waals surface area contributed by atoms with Crippen molar-refractivity contribution in [2.24, 2.45) is 5.92 Å². The molecule has 5 rings (SSSR count). The zero-order valence-electron chi connectivity index (χ0n) is 24.0. The number of amides is 1. The Kier molecular flexibility index (Phi) is 8.21. The molecule has 1 fully saturated rings. The van der Waals surface area contributed by atoms with Crippen LogP contribution in [0.5, 0.6) is 5.75 Å². The molecule has 216 valence electrons. The van der Waals surface area contributed by atoms with Crippen LogP contribution in [-0.4, -0.2) is 77.0 Å². The number of fused-ring (bicyclic) bond motifs is 1. The standard InChI is InChI=1S/C31H36F2N6O2/c1-21-19-24(7-10-26(21)30(40)37(2)15-11-22-12-17-39(3,4)18-13-22)36-28-29-35-20-27(38(29)16-14-34-28)23-5-8-25(9-6-23)41-31(32)33/h5-10,14,16,19-20,22,31H,11-13,15,17-18H2,1-4H3/p+1. The highest BCUT2D eigenvalue weighted by Gasteiger charge is 2.26. The molecular weight excluding hydrogens is 526 g/mol. The first kappa shape index (κ1) is 28.5. The number of ether oxygens (including phenoxy) is 1. The minimum atomic E-state index is -2.87. The Labute approximate surface area is 239 Å². The number of hydrogen-bond acceptors (Lipinski definition) is 5. The number of alkyl halides is 2. The highest BCUT2D eigenvalue weighted by molar-refractivity contribution is 5.96. The summed E-state index contributed by atoms with van der Waals surface area (Å²) in [5, 5.41) is 3.33. The van der Waals surface area contributed by atoms with Crippen molar-refractivity contribution in [1.29, 1.82) is 0 Å². The number of halogens is 2. The summed E-state index contributed by atoms with van der Waals surface area (Å²) in [6.45, 7) is 2.23. The fourth-order valence-corrected chi connectivity index (χ4v) is 5.44. The molecule has 2 aromatic heterocycles. The van der Waals surface area contributed by atoms with E-state index in [9.17, 15) is 13.6 Å². The second-order valence-electron chi connectivity index (χ2n) is 11.5. The molecule has 4 aromatic rings. The van der Waals surface area contributed by atoms with E-state index in [-0.39, 0.29) is 11.7 Å². The van der Waals surface area contributed by atoms with Gasteiger partial charge in [-0.05, 0) is 80.1 Å². The number of nitrogens with zero attached hydrogens (tertiary/aromatic N) is 5. The highest BCUT2D eigenvalue weighted by atomic mass is 19.3. The molecule has 10 heteroatoms. The summed E-state index contributed by atoms with van der Waals surface area (Å²) in [6.07, 6.45) is 8.65. The molecule has 1 aliphatic rings. The monoisotopic (exact) mass is 563 g/mol. The van der Waals surface area contributed by atoms with Gasteiger partial charge in [-0.1, -0.05) is 0 Å². The first-order valence-electron chi connectivity index (χ1n) is 13.9. The fraction of sp³-hybridized carbons (Fsp3) is 0.387. The molecule has 1 saturated heterocycles. The van der Waals surface area contributed by atoms with E-state index in [1.165, 1.54) is 38.1 Å². The number of imidazole rings is 1. The van der Waals surface area contributed by atoms with Crippen molar-refractivity contribution in [3.8, 4) is 17.0 Å². The topological polar surface area (TPSA) is 71.8 Å². The number of nitrogens with one attached hydrogen (secondary N) is 1. The summed E-state index contributed by atoms with van der Waals surface area (Å²) in [4.78, 5) is 24.1. The van der Waals surface area contributed by atoms with E-state index >= 15 is 0 Å². The highest BCUT2D eigenvalue weighted by Crippen LogP contribution is 2.28. The number of anilines is 2. The van der Waals surface area contributed by atoms with Crippen molar-refractivity contribution >= 4 is 23.1 Å². The van der Waals surface area contributed by atoms with Crippen molar-refractivity contribution in [2.45, 2.75) is 32.8 Å². The predicted octanol–water partition coefficient (Wildman–Crippen LogP) is 6.00. The molecule has 1 aliphatic heterocycles. The lowest BCUT2D eigenvalue weighted by Gasteiger charge is -2.37. The molecule has 1 amide bonds. The number of benzene rings is 2. The van der Waals surface area contributed by atoms with E-state index in [4.69, 9.17) is 0 Å². The Bertz CT molecular complexity index is 1510. The van der Waals surface area contributed by atoms with Gasteiger partial charge in [-0.3, -0.25) is 9.20 Å². The lowest BCUT2D eigenvalue weighted by atomic mass is 9.92. The van der Waals surface area contributed by atoms with Crippen LogP contribution in [0.3, 0.4) is 0 Å². The van der Waals surface area contributed by atoms with Crippen LogP contribution in [-0.2, 0) is 0 Å². The molecule has 1 N–H and O–H groups in total. The maximum absolute atomic E-state index is 13.2.